The van der Waals surface area contributed by atoms with Gasteiger partial charge in [-0.15, -0.1) is 0 Å². The molecular formula is C15H20N2O2. The van der Waals surface area contributed by atoms with E-state index in [1.165, 1.54) is 4.90 Å². The zero-order chi connectivity index (χ0) is 14.4. The monoisotopic (exact) mass is 260 g/mol. The first-order valence-electron chi connectivity index (χ1n) is 6.28. The second-order valence-electron chi connectivity index (χ2n) is 4.67. The van der Waals surface area contributed by atoms with E-state index in [2.05, 4.69) is 0 Å². The molecule has 1 aromatic carbocycles. The van der Waals surface area contributed by atoms with E-state index in [1.54, 1.807) is 7.05 Å². The van der Waals surface area contributed by atoms with Crippen LogP contribution in [0.5, 0.6) is 5.75 Å². The molecule has 1 aromatic rings. The number of nitriles is 1. The number of benzene rings is 1. The third-order valence-electron chi connectivity index (χ3n) is 3.20. The Morgan fingerprint density at radius 2 is 1.95 bits per heavy atom. The summed E-state index contributed by atoms with van der Waals surface area (Å²) in [7, 11) is 1.68. The van der Waals surface area contributed by atoms with Crippen molar-refractivity contribution >= 4 is 5.91 Å². The summed E-state index contributed by atoms with van der Waals surface area (Å²) in [5.74, 6) is 0.664. The quantitative estimate of drug-likeness (QED) is 0.816. The number of ether oxygens (including phenoxy) is 1. The maximum Gasteiger partial charge on any atom is 0.260 e. The number of carbonyl (C=O) groups is 1. The van der Waals surface area contributed by atoms with Crippen molar-refractivity contribution in [2.45, 2.75) is 27.2 Å². The molecule has 1 rings (SSSR count). The zero-order valence-corrected chi connectivity index (χ0v) is 12.0. The molecule has 0 radical (unpaired) electrons. The standard InChI is InChI=1S/C15H20N2O2/c1-11-6-7-12(2)15(13(11)3)19-10-14(18)17(4)9-5-8-16/h6-7H,5,9-10H2,1-4H3. The first kappa shape index (κ1) is 15.0. The van der Waals surface area contributed by atoms with Crippen molar-refractivity contribution in [2.75, 3.05) is 20.2 Å². The molecule has 0 N–H and O–H groups in total. The van der Waals surface area contributed by atoms with Crippen LogP contribution >= 0.6 is 0 Å². The fraction of sp³-hybridized carbons (Fsp3) is 0.467. The Morgan fingerprint density at radius 1 is 1.32 bits per heavy atom. The third kappa shape index (κ3) is 3.99. The Labute approximate surface area is 114 Å². The molecule has 0 bridgehead atoms. The highest BCUT2D eigenvalue weighted by atomic mass is 16.5. The predicted octanol–water partition coefficient (Wildman–Crippen LogP) is 2.36. The minimum atomic E-state index is -0.115. The van der Waals surface area contributed by atoms with Gasteiger partial charge in [0.2, 0.25) is 0 Å². The van der Waals surface area contributed by atoms with Gasteiger partial charge < -0.3 is 9.64 Å². The Morgan fingerprint density at radius 3 is 2.58 bits per heavy atom. The Kier molecular flexibility index (Phi) is 5.37. The smallest absolute Gasteiger partial charge is 0.260 e. The molecule has 0 unspecified atom stereocenters. The fourth-order valence-corrected chi connectivity index (χ4v) is 1.73. The molecule has 0 aliphatic heterocycles. The summed E-state index contributed by atoms with van der Waals surface area (Å²) in [5, 5.41) is 8.49. The van der Waals surface area contributed by atoms with Crippen LogP contribution in [-0.4, -0.2) is 31.0 Å². The van der Waals surface area contributed by atoms with Gasteiger partial charge >= 0.3 is 0 Å². The van der Waals surface area contributed by atoms with E-state index in [9.17, 15) is 4.79 Å². The summed E-state index contributed by atoms with van der Waals surface area (Å²) in [4.78, 5) is 13.3. The van der Waals surface area contributed by atoms with Gasteiger partial charge in [-0.1, -0.05) is 12.1 Å². The number of amides is 1. The van der Waals surface area contributed by atoms with Crippen LogP contribution in [0.15, 0.2) is 12.1 Å². The van der Waals surface area contributed by atoms with Crippen molar-refractivity contribution in [3.8, 4) is 11.8 Å². The number of aryl methyl sites for hydroxylation is 2. The summed E-state index contributed by atoms with van der Waals surface area (Å²) < 4.78 is 5.64. The number of nitrogens with zero attached hydrogens (tertiary/aromatic N) is 2. The summed E-state index contributed by atoms with van der Waals surface area (Å²) in [6.07, 6.45) is 0.338. The minimum absolute atomic E-state index is 0.00701. The minimum Gasteiger partial charge on any atom is -0.483 e. The highest BCUT2D eigenvalue weighted by Crippen LogP contribution is 2.25. The Hall–Kier alpha value is -2.02. The molecule has 0 aliphatic rings. The lowest BCUT2D eigenvalue weighted by atomic mass is 10.1. The molecule has 0 spiro atoms. The van der Waals surface area contributed by atoms with Gasteiger partial charge in [-0.05, 0) is 37.5 Å². The number of rotatable bonds is 5. The molecule has 1 amide bonds. The lowest BCUT2D eigenvalue weighted by molar-refractivity contribution is -0.132. The molecule has 0 saturated carbocycles. The number of hydrogen-bond acceptors (Lipinski definition) is 3. The normalized spacial score (nSPS) is 9.84. The van der Waals surface area contributed by atoms with Crippen molar-refractivity contribution in [1.29, 1.82) is 5.26 Å². The average Bonchev–Trinajstić information content (AvgIpc) is 2.40. The zero-order valence-electron chi connectivity index (χ0n) is 12.0. The van der Waals surface area contributed by atoms with E-state index in [0.29, 0.717) is 13.0 Å². The van der Waals surface area contributed by atoms with E-state index < -0.39 is 0 Å². The van der Waals surface area contributed by atoms with Gasteiger partial charge in [0.1, 0.15) is 5.75 Å². The van der Waals surface area contributed by atoms with Crippen LogP contribution in [0.2, 0.25) is 0 Å². The van der Waals surface area contributed by atoms with Crippen molar-refractivity contribution in [1.82, 2.24) is 4.90 Å². The van der Waals surface area contributed by atoms with E-state index in [0.717, 1.165) is 22.4 Å². The molecule has 102 valence electrons. The topological polar surface area (TPSA) is 53.3 Å². The van der Waals surface area contributed by atoms with Gasteiger partial charge in [0.05, 0.1) is 12.5 Å². The van der Waals surface area contributed by atoms with Crippen molar-refractivity contribution < 1.29 is 9.53 Å². The van der Waals surface area contributed by atoms with Gasteiger partial charge in [-0.25, -0.2) is 0 Å². The first-order chi connectivity index (χ1) is 8.97. The van der Waals surface area contributed by atoms with Gasteiger partial charge in [0, 0.05) is 13.6 Å². The summed E-state index contributed by atoms with van der Waals surface area (Å²) in [5.41, 5.74) is 3.23. The second-order valence-corrected chi connectivity index (χ2v) is 4.67. The lowest BCUT2D eigenvalue weighted by Crippen LogP contribution is -2.32. The van der Waals surface area contributed by atoms with Crippen LogP contribution in [0.4, 0.5) is 0 Å². The van der Waals surface area contributed by atoms with Crippen LogP contribution in [0, 0.1) is 32.1 Å². The van der Waals surface area contributed by atoms with Crippen molar-refractivity contribution in [3.63, 3.8) is 0 Å². The SMILES string of the molecule is Cc1ccc(C)c(OCC(=O)N(C)CCC#N)c1C. The van der Waals surface area contributed by atoms with Gasteiger partial charge in [-0.3, -0.25) is 4.79 Å². The van der Waals surface area contributed by atoms with E-state index >= 15 is 0 Å². The number of hydrogen-bond donors (Lipinski definition) is 0. The second kappa shape index (κ2) is 6.79. The Balaban J connectivity index is 2.65. The first-order valence-corrected chi connectivity index (χ1v) is 6.28. The van der Waals surface area contributed by atoms with E-state index in [4.69, 9.17) is 10.00 Å². The summed E-state index contributed by atoms with van der Waals surface area (Å²) >= 11 is 0. The molecule has 0 heterocycles. The van der Waals surface area contributed by atoms with Gasteiger partial charge in [0.15, 0.2) is 6.61 Å². The Bertz CT molecular complexity index is 504. The van der Waals surface area contributed by atoms with E-state index in [1.807, 2.05) is 39.0 Å². The highest BCUT2D eigenvalue weighted by molar-refractivity contribution is 5.77. The van der Waals surface area contributed by atoms with Crippen LogP contribution in [0.3, 0.4) is 0 Å². The highest BCUT2D eigenvalue weighted by Gasteiger charge is 2.12. The van der Waals surface area contributed by atoms with Crippen LogP contribution in [0.25, 0.3) is 0 Å². The average molecular weight is 260 g/mol. The predicted molar refractivity (Wildman–Crippen MR) is 74.0 cm³/mol. The van der Waals surface area contributed by atoms with Crippen LogP contribution in [-0.2, 0) is 4.79 Å². The molecule has 19 heavy (non-hydrogen) atoms. The molecule has 0 aromatic heterocycles. The molecular weight excluding hydrogens is 240 g/mol. The summed E-state index contributed by atoms with van der Waals surface area (Å²) in [6, 6.07) is 6.05. The van der Waals surface area contributed by atoms with Gasteiger partial charge in [0.25, 0.3) is 5.91 Å². The molecule has 4 heteroatoms. The van der Waals surface area contributed by atoms with Crippen LogP contribution in [0.1, 0.15) is 23.1 Å². The largest absolute Gasteiger partial charge is 0.483 e. The van der Waals surface area contributed by atoms with E-state index in [-0.39, 0.29) is 12.5 Å². The maximum absolute atomic E-state index is 11.8. The molecule has 0 fully saturated rings. The lowest BCUT2D eigenvalue weighted by Gasteiger charge is -2.18. The van der Waals surface area contributed by atoms with Crippen molar-refractivity contribution in [2.24, 2.45) is 0 Å². The molecule has 0 atom stereocenters. The third-order valence-corrected chi connectivity index (χ3v) is 3.20. The molecule has 4 nitrogen and oxygen atoms in total. The molecule has 0 saturated heterocycles. The number of likely N-dealkylation sites (N-methyl/N-ethyl adjacent to an activating group) is 1. The van der Waals surface area contributed by atoms with Crippen LogP contribution < -0.4 is 4.74 Å². The summed E-state index contributed by atoms with van der Waals surface area (Å²) in [6.45, 7) is 6.41. The number of carbonyl (C=O) groups excluding carboxylic acids is 1. The molecule has 0 aliphatic carbocycles. The fourth-order valence-electron chi connectivity index (χ4n) is 1.73. The van der Waals surface area contributed by atoms with Crippen molar-refractivity contribution in [3.05, 3.63) is 28.8 Å². The van der Waals surface area contributed by atoms with Gasteiger partial charge in [-0.2, -0.15) is 5.26 Å². The maximum atomic E-state index is 11.8.